The van der Waals surface area contributed by atoms with Gasteiger partial charge in [-0.05, 0) is 18.4 Å². The molecule has 3 heteroatoms. The Morgan fingerprint density at radius 3 is 2.93 bits per heavy atom. The molecule has 0 unspecified atom stereocenters. The van der Waals surface area contributed by atoms with Crippen molar-refractivity contribution in [3.8, 4) is 0 Å². The lowest BCUT2D eigenvalue weighted by Gasteiger charge is -2.22. The Morgan fingerprint density at radius 1 is 1.57 bits per heavy atom. The summed E-state index contributed by atoms with van der Waals surface area (Å²) in [5, 5.41) is 0. The first-order valence-corrected chi connectivity index (χ1v) is 4.79. The van der Waals surface area contributed by atoms with E-state index in [0.717, 1.165) is 25.0 Å². The zero-order valence-corrected chi connectivity index (χ0v) is 8.29. The second-order valence-electron chi connectivity index (χ2n) is 3.85. The van der Waals surface area contributed by atoms with Gasteiger partial charge in [0.2, 0.25) is 0 Å². The number of hydrogen-bond donors (Lipinski definition) is 0. The molecule has 1 fully saturated rings. The van der Waals surface area contributed by atoms with E-state index >= 15 is 0 Å². The van der Waals surface area contributed by atoms with Crippen molar-refractivity contribution in [1.82, 2.24) is 0 Å². The summed E-state index contributed by atoms with van der Waals surface area (Å²) in [6.45, 7) is 1.29. The minimum atomic E-state index is -0.281. The molecule has 0 aromatic carbocycles. The van der Waals surface area contributed by atoms with Crippen molar-refractivity contribution < 1.29 is 14.3 Å². The number of esters is 1. The van der Waals surface area contributed by atoms with Crippen LogP contribution in [0.3, 0.4) is 0 Å². The summed E-state index contributed by atoms with van der Waals surface area (Å²) in [4.78, 5) is 11.1. The fourth-order valence-electron chi connectivity index (χ4n) is 2.08. The van der Waals surface area contributed by atoms with Gasteiger partial charge in [-0.25, -0.2) is 4.79 Å². The Kier molecular flexibility index (Phi) is 2.42. The van der Waals surface area contributed by atoms with Gasteiger partial charge in [-0.2, -0.15) is 0 Å². The van der Waals surface area contributed by atoms with Gasteiger partial charge in [0.05, 0.1) is 20.3 Å². The number of hydrogen-bond acceptors (Lipinski definition) is 3. The summed E-state index contributed by atoms with van der Waals surface area (Å²) >= 11 is 0. The molecule has 3 nitrogen and oxygen atoms in total. The molecule has 2 aliphatic rings. The highest BCUT2D eigenvalue weighted by Gasteiger charge is 2.40. The van der Waals surface area contributed by atoms with E-state index in [0.29, 0.717) is 6.61 Å². The van der Waals surface area contributed by atoms with E-state index in [4.69, 9.17) is 4.74 Å². The molecule has 0 saturated carbocycles. The topological polar surface area (TPSA) is 35.5 Å². The van der Waals surface area contributed by atoms with Crippen molar-refractivity contribution in [1.29, 1.82) is 0 Å². The molecule has 0 N–H and O–H groups in total. The number of allylic oxidation sites excluding steroid dienone is 2. The van der Waals surface area contributed by atoms with Gasteiger partial charge in [-0.1, -0.05) is 12.2 Å². The number of carbonyl (C=O) groups is 1. The third-order valence-corrected chi connectivity index (χ3v) is 2.99. The predicted octanol–water partition coefficient (Wildman–Crippen LogP) is 1.45. The first kappa shape index (κ1) is 9.46. The lowest BCUT2D eigenvalue weighted by molar-refractivity contribution is -0.134. The van der Waals surface area contributed by atoms with Crippen LogP contribution in [0, 0.1) is 5.41 Å². The zero-order chi connectivity index (χ0) is 10.0. The molecule has 0 bridgehead atoms. The second kappa shape index (κ2) is 3.58. The van der Waals surface area contributed by atoms with Gasteiger partial charge in [0.25, 0.3) is 0 Å². The van der Waals surface area contributed by atoms with Crippen LogP contribution in [0.1, 0.15) is 12.8 Å². The quantitative estimate of drug-likeness (QED) is 0.360. The summed E-state index contributed by atoms with van der Waals surface area (Å²) < 4.78 is 10.0. The first-order valence-electron chi connectivity index (χ1n) is 4.79. The molecule has 0 radical (unpaired) electrons. The number of carbonyl (C=O) groups excluding carboxylic acids is 1. The molecule has 1 saturated heterocycles. The standard InChI is InChI=1S/C11H14O3/c1-13-10(12)6-9-7-14-8-11(9)4-2-3-5-11/h2-3,6H,4-5,7-8H2,1H3/b9-6+. The fourth-order valence-corrected chi connectivity index (χ4v) is 2.08. The van der Waals surface area contributed by atoms with E-state index in [-0.39, 0.29) is 11.4 Å². The van der Waals surface area contributed by atoms with Crippen molar-refractivity contribution in [2.24, 2.45) is 5.41 Å². The molecular formula is C11H14O3. The zero-order valence-electron chi connectivity index (χ0n) is 8.29. The third-order valence-electron chi connectivity index (χ3n) is 2.99. The summed E-state index contributed by atoms with van der Waals surface area (Å²) in [5.41, 5.74) is 1.14. The van der Waals surface area contributed by atoms with Crippen LogP contribution < -0.4 is 0 Å². The smallest absolute Gasteiger partial charge is 0.330 e. The maximum Gasteiger partial charge on any atom is 0.330 e. The molecule has 1 aliphatic carbocycles. The minimum absolute atomic E-state index is 0.0637. The Bertz CT molecular complexity index is 294. The highest BCUT2D eigenvalue weighted by Crippen LogP contribution is 2.44. The van der Waals surface area contributed by atoms with Crippen LogP contribution in [0.25, 0.3) is 0 Å². The average Bonchev–Trinajstić information content (AvgIpc) is 2.79. The molecule has 1 aliphatic heterocycles. The van der Waals surface area contributed by atoms with Crippen LogP contribution in [0.4, 0.5) is 0 Å². The molecule has 0 amide bonds. The Hall–Kier alpha value is -1.09. The fraction of sp³-hybridized carbons (Fsp3) is 0.545. The van der Waals surface area contributed by atoms with Gasteiger partial charge in [0.15, 0.2) is 0 Å². The Morgan fingerprint density at radius 2 is 2.29 bits per heavy atom. The minimum Gasteiger partial charge on any atom is -0.466 e. The highest BCUT2D eigenvalue weighted by atomic mass is 16.5. The summed E-state index contributed by atoms with van der Waals surface area (Å²) in [5.74, 6) is -0.281. The molecule has 1 heterocycles. The highest BCUT2D eigenvalue weighted by molar-refractivity contribution is 5.83. The molecule has 2 rings (SSSR count). The Labute approximate surface area is 83.4 Å². The average molecular weight is 194 g/mol. The summed E-state index contributed by atoms with van der Waals surface area (Å²) in [6.07, 6.45) is 7.85. The molecular weight excluding hydrogens is 180 g/mol. The van der Waals surface area contributed by atoms with Gasteiger partial charge >= 0.3 is 5.97 Å². The van der Waals surface area contributed by atoms with Crippen LogP contribution in [-0.2, 0) is 14.3 Å². The van der Waals surface area contributed by atoms with E-state index in [1.54, 1.807) is 6.08 Å². The molecule has 1 spiro atoms. The molecule has 76 valence electrons. The lowest BCUT2D eigenvalue weighted by atomic mass is 9.80. The monoisotopic (exact) mass is 194 g/mol. The second-order valence-corrected chi connectivity index (χ2v) is 3.85. The van der Waals surface area contributed by atoms with E-state index < -0.39 is 0 Å². The number of methoxy groups -OCH3 is 1. The maximum atomic E-state index is 11.1. The number of ether oxygens (including phenoxy) is 2. The van der Waals surface area contributed by atoms with E-state index in [1.165, 1.54) is 7.11 Å². The van der Waals surface area contributed by atoms with Crippen LogP contribution in [-0.4, -0.2) is 26.3 Å². The van der Waals surface area contributed by atoms with Crippen molar-refractivity contribution >= 4 is 5.97 Å². The van der Waals surface area contributed by atoms with E-state index in [1.807, 2.05) is 0 Å². The normalized spacial score (nSPS) is 26.2. The van der Waals surface area contributed by atoms with Crippen LogP contribution in [0.15, 0.2) is 23.8 Å². The van der Waals surface area contributed by atoms with Crippen LogP contribution in [0.5, 0.6) is 0 Å². The lowest BCUT2D eigenvalue weighted by Crippen LogP contribution is -2.19. The van der Waals surface area contributed by atoms with Crippen molar-refractivity contribution in [3.05, 3.63) is 23.8 Å². The number of rotatable bonds is 1. The van der Waals surface area contributed by atoms with Crippen molar-refractivity contribution in [3.63, 3.8) is 0 Å². The largest absolute Gasteiger partial charge is 0.466 e. The maximum absolute atomic E-state index is 11.1. The SMILES string of the molecule is COC(=O)/C=C1\COCC12CC=CC2. The van der Waals surface area contributed by atoms with Gasteiger partial charge in [0, 0.05) is 11.5 Å². The van der Waals surface area contributed by atoms with E-state index in [2.05, 4.69) is 16.9 Å². The van der Waals surface area contributed by atoms with Gasteiger partial charge in [-0.15, -0.1) is 0 Å². The summed E-state index contributed by atoms with van der Waals surface area (Å²) in [7, 11) is 1.40. The molecule has 0 aromatic heterocycles. The molecule has 14 heavy (non-hydrogen) atoms. The van der Waals surface area contributed by atoms with Crippen molar-refractivity contribution in [2.75, 3.05) is 20.3 Å². The first-order chi connectivity index (χ1) is 6.77. The molecule has 0 atom stereocenters. The Balaban J connectivity index is 2.18. The van der Waals surface area contributed by atoms with Crippen molar-refractivity contribution in [2.45, 2.75) is 12.8 Å². The van der Waals surface area contributed by atoms with Crippen LogP contribution in [0.2, 0.25) is 0 Å². The van der Waals surface area contributed by atoms with Gasteiger partial charge in [0.1, 0.15) is 0 Å². The van der Waals surface area contributed by atoms with Gasteiger partial charge < -0.3 is 9.47 Å². The van der Waals surface area contributed by atoms with Gasteiger partial charge in [-0.3, -0.25) is 0 Å². The van der Waals surface area contributed by atoms with E-state index in [9.17, 15) is 4.79 Å². The third kappa shape index (κ3) is 1.48. The molecule has 0 aromatic rings. The summed E-state index contributed by atoms with van der Waals surface area (Å²) in [6, 6.07) is 0. The van der Waals surface area contributed by atoms with Crippen LogP contribution >= 0.6 is 0 Å². The predicted molar refractivity (Wildman–Crippen MR) is 51.7 cm³/mol.